The second-order valence-electron chi connectivity index (χ2n) is 1.91. The highest BCUT2D eigenvalue weighted by Crippen LogP contribution is 1.86. The largest absolute Gasteiger partial charge is 0.468 e. The summed E-state index contributed by atoms with van der Waals surface area (Å²) in [5, 5.41) is 0. The number of nitrogens with one attached hydrogen (secondary N) is 1. The van der Waals surface area contributed by atoms with E-state index < -0.39 is 16.0 Å². The van der Waals surface area contributed by atoms with Crippen LogP contribution in [0.25, 0.3) is 0 Å². The van der Waals surface area contributed by atoms with Gasteiger partial charge < -0.3 is 4.74 Å². The predicted octanol–water partition coefficient (Wildman–Crippen LogP) is -0.682. The Balaban J connectivity index is 3.84. The third-order valence-electron chi connectivity index (χ3n) is 1.01. The molecule has 0 heterocycles. The normalized spacial score (nSPS) is 11.2. The summed E-state index contributed by atoms with van der Waals surface area (Å²) in [4.78, 5) is 10.5. The van der Waals surface area contributed by atoms with Gasteiger partial charge in [-0.1, -0.05) is 0 Å². The molecule has 0 bridgehead atoms. The summed E-state index contributed by atoms with van der Waals surface area (Å²) in [6.07, 6.45) is 0. The van der Waals surface area contributed by atoms with Gasteiger partial charge in [0.05, 0.1) is 12.9 Å². The van der Waals surface area contributed by atoms with Gasteiger partial charge in [0, 0.05) is 5.88 Å². The van der Waals surface area contributed by atoms with Crippen molar-refractivity contribution in [3.05, 3.63) is 0 Å². The van der Waals surface area contributed by atoms with Crippen LogP contribution in [0.3, 0.4) is 0 Å². The lowest BCUT2D eigenvalue weighted by Crippen LogP contribution is -2.32. The molecule has 0 spiro atoms. The SMILES string of the molecule is COC(=O)CNS(=O)(=O)CCCl. The molecule has 0 atom stereocenters. The molecule has 7 heteroatoms. The van der Waals surface area contributed by atoms with E-state index in [4.69, 9.17) is 11.6 Å². The second kappa shape index (κ2) is 5.34. The summed E-state index contributed by atoms with van der Waals surface area (Å²) in [7, 11) is -2.24. The highest BCUT2D eigenvalue weighted by atomic mass is 35.5. The van der Waals surface area contributed by atoms with Gasteiger partial charge in [-0.3, -0.25) is 4.79 Å². The fraction of sp³-hybridized carbons (Fsp3) is 0.800. The maximum Gasteiger partial charge on any atom is 0.320 e. The molecule has 0 fully saturated rings. The van der Waals surface area contributed by atoms with E-state index in [1.807, 2.05) is 4.72 Å². The number of hydrogen-bond donors (Lipinski definition) is 1. The lowest BCUT2D eigenvalue weighted by Gasteiger charge is -2.02. The molecular formula is C5H10ClNO4S. The minimum atomic E-state index is -3.42. The smallest absolute Gasteiger partial charge is 0.320 e. The molecule has 0 aliphatic heterocycles. The van der Waals surface area contributed by atoms with E-state index in [0.29, 0.717) is 0 Å². The molecule has 0 amide bonds. The van der Waals surface area contributed by atoms with Crippen LogP contribution in [-0.2, 0) is 19.6 Å². The van der Waals surface area contributed by atoms with Crippen LogP contribution >= 0.6 is 11.6 Å². The zero-order valence-corrected chi connectivity index (χ0v) is 8.11. The van der Waals surface area contributed by atoms with Gasteiger partial charge in [-0.05, 0) is 0 Å². The Labute approximate surface area is 76.1 Å². The topological polar surface area (TPSA) is 72.5 Å². The monoisotopic (exact) mass is 215 g/mol. The average Bonchev–Trinajstić information content (AvgIpc) is 2.00. The molecule has 0 aromatic heterocycles. The summed E-state index contributed by atoms with van der Waals surface area (Å²) in [6, 6.07) is 0. The molecule has 0 aromatic carbocycles. The Kier molecular flexibility index (Phi) is 5.19. The molecule has 72 valence electrons. The Morgan fingerprint density at radius 2 is 2.17 bits per heavy atom. The first-order valence-corrected chi connectivity index (χ1v) is 5.30. The quantitative estimate of drug-likeness (QED) is 0.487. The summed E-state index contributed by atoms with van der Waals surface area (Å²) < 4.78 is 27.9. The van der Waals surface area contributed by atoms with Crippen molar-refractivity contribution in [1.29, 1.82) is 0 Å². The van der Waals surface area contributed by atoms with E-state index in [1.54, 1.807) is 0 Å². The molecule has 0 aliphatic carbocycles. The fourth-order valence-corrected chi connectivity index (χ4v) is 1.71. The van der Waals surface area contributed by atoms with Crippen molar-refractivity contribution < 1.29 is 17.9 Å². The number of carbonyl (C=O) groups is 1. The molecule has 0 radical (unpaired) electrons. The maximum atomic E-state index is 10.8. The first-order valence-electron chi connectivity index (χ1n) is 3.12. The van der Waals surface area contributed by atoms with Gasteiger partial charge in [0.1, 0.15) is 6.54 Å². The van der Waals surface area contributed by atoms with E-state index in [0.717, 1.165) is 0 Å². The molecule has 5 nitrogen and oxygen atoms in total. The Hall–Kier alpha value is -0.330. The number of methoxy groups -OCH3 is 1. The third-order valence-corrected chi connectivity index (χ3v) is 2.75. The number of rotatable bonds is 5. The number of carbonyl (C=O) groups excluding carboxylic acids is 1. The Morgan fingerprint density at radius 1 is 1.58 bits per heavy atom. The van der Waals surface area contributed by atoms with Crippen molar-refractivity contribution in [3.8, 4) is 0 Å². The number of hydrogen-bond acceptors (Lipinski definition) is 4. The molecular weight excluding hydrogens is 206 g/mol. The number of esters is 1. The zero-order valence-electron chi connectivity index (χ0n) is 6.54. The third kappa shape index (κ3) is 5.34. The van der Waals surface area contributed by atoms with Crippen LogP contribution in [0.4, 0.5) is 0 Å². The summed E-state index contributed by atoms with van der Waals surface area (Å²) in [6.45, 7) is -0.351. The van der Waals surface area contributed by atoms with Crippen molar-refractivity contribution in [2.75, 3.05) is 25.3 Å². The summed E-state index contributed by atoms with van der Waals surface area (Å²) in [5.41, 5.74) is 0. The van der Waals surface area contributed by atoms with Crippen molar-refractivity contribution in [1.82, 2.24) is 4.72 Å². The lowest BCUT2D eigenvalue weighted by atomic mass is 10.7. The molecule has 0 aliphatic rings. The second-order valence-corrected chi connectivity index (χ2v) is 4.21. The minimum absolute atomic E-state index is 0.00347. The molecule has 0 aromatic rings. The average molecular weight is 216 g/mol. The molecule has 0 unspecified atom stereocenters. The number of alkyl halides is 1. The fourth-order valence-electron chi connectivity index (χ4n) is 0.415. The minimum Gasteiger partial charge on any atom is -0.468 e. The molecule has 0 rings (SSSR count). The van der Waals surface area contributed by atoms with Crippen LogP contribution in [-0.4, -0.2) is 39.7 Å². The van der Waals surface area contributed by atoms with Crippen molar-refractivity contribution in [2.45, 2.75) is 0 Å². The van der Waals surface area contributed by atoms with E-state index in [-0.39, 0.29) is 18.2 Å². The van der Waals surface area contributed by atoms with Gasteiger partial charge in [-0.25, -0.2) is 13.1 Å². The molecule has 12 heavy (non-hydrogen) atoms. The van der Waals surface area contributed by atoms with E-state index in [2.05, 4.69) is 4.74 Å². The van der Waals surface area contributed by atoms with Gasteiger partial charge in [0.15, 0.2) is 0 Å². The molecule has 0 saturated carbocycles. The highest BCUT2D eigenvalue weighted by molar-refractivity contribution is 7.89. The van der Waals surface area contributed by atoms with E-state index in [9.17, 15) is 13.2 Å². The molecule has 1 N–H and O–H groups in total. The highest BCUT2D eigenvalue weighted by Gasteiger charge is 2.10. The van der Waals surface area contributed by atoms with Crippen LogP contribution < -0.4 is 4.72 Å². The van der Waals surface area contributed by atoms with Crippen LogP contribution in [0.2, 0.25) is 0 Å². The first kappa shape index (κ1) is 11.7. The van der Waals surface area contributed by atoms with E-state index >= 15 is 0 Å². The lowest BCUT2D eigenvalue weighted by molar-refractivity contribution is -0.139. The predicted molar refractivity (Wildman–Crippen MR) is 44.5 cm³/mol. The number of sulfonamides is 1. The van der Waals surface area contributed by atoms with E-state index in [1.165, 1.54) is 7.11 Å². The molecule has 0 saturated heterocycles. The standard InChI is InChI=1S/C5H10ClNO4S/c1-11-5(8)4-7-12(9,10)3-2-6/h7H,2-4H2,1H3. The van der Waals surface area contributed by atoms with Gasteiger partial charge in [-0.15, -0.1) is 11.6 Å². The van der Waals surface area contributed by atoms with Crippen molar-refractivity contribution in [2.24, 2.45) is 0 Å². The maximum absolute atomic E-state index is 10.8. The van der Waals surface area contributed by atoms with Crippen LogP contribution in [0, 0.1) is 0 Å². The van der Waals surface area contributed by atoms with Crippen molar-refractivity contribution in [3.63, 3.8) is 0 Å². The van der Waals surface area contributed by atoms with Crippen LogP contribution in [0.1, 0.15) is 0 Å². The Bertz CT molecular complexity index is 238. The zero-order chi connectivity index (χ0) is 9.61. The first-order chi connectivity index (χ1) is 5.52. The van der Waals surface area contributed by atoms with Gasteiger partial charge >= 0.3 is 5.97 Å². The van der Waals surface area contributed by atoms with Crippen molar-refractivity contribution >= 4 is 27.6 Å². The Morgan fingerprint density at radius 3 is 2.58 bits per heavy atom. The van der Waals surface area contributed by atoms with Gasteiger partial charge in [0.2, 0.25) is 10.0 Å². The number of ether oxygens (including phenoxy) is 1. The van der Waals surface area contributed by atoms with Crippen LogP contribution in [0.5, 0.6) is 0 Å². The number of halogens is 1. The van der Waals surface area contributed by atoms with Crippen LogP contribution in [0.15, 0.2) is 0 Å². The summed E-state index contributed by atoms with van der Waals surface area (Å²) >= 11 is 5.20. The summed E-state index contributed by atoms with van der Waals surface area (Å²) in [5.74, 6) is -0.838. The van der Waals surface area contributed by atoms with Gasteiger partial charge in [-0.2, -0.15) is 0 Å². The van der Waals surface area contributed by atoms with Gasteiger partial charge in [0.25, 0.3) is 0 Å².